The first-order chi connectivity index (χ1) is 16.9. The molecule has 0 bridgehead atoms. The molecule has 1 spiro atoms. The van der Waals surface area contributed by atoms with Crippen LogP contribution in [0.3, 0.4) is 0 Å². The van der Waals surface area contributed by atoms with Gasteiger partial charge in [-0.25, -0.2) is 9.18 Å². The number of nitrogens with zero attached hydrogens (tertiary/aromatic N) is 2. The Morgan fingerprint density at radius 1 is 1.03 bits per heavy atom. The normalized spacial score (nSPS) is 19.8. The summed E-state index contributed by atoms with van der Waals surface area (Å²) in [6, 6.07) is 22.1. The van der Waals surface area contributed by atoms with E-state index in [1.165, 1.54) is 12.1 Å². The average molecular weight is 474 g/mol. The Balaban J connectivity index is 1.35. The third kappa shape index (κ3) is 4.11. The monoisotopic (exact) mass is 473 g/mol. The first-order valence-corrected chi connectivity index (χ1v) is 11.9. The number of amides is 3. The zero-order valence-corrected chi connectivity index (χ0v) is 19.5. The summed E-state index contributed by atoms with van der Waals surface area (Å²) in [5.41, 5.74) is 1.74. The number of hydrogen-bond donors (Lipinski definition) is 2. The fraction of sp³-hybridized carbons (Fsp3) is 0.286. The highest BCUT2D eigenvalue weighted by Gasteiger charge is 2.62. The van der Waals surface area contributed by atoms with Crippen molar-refractivity contribution >= 4 is 17.6 Å². The molecule has 2 heterocycles. The van der Waals surface area contributed by atoms with Gasteiger partial charge in [0.1, 0.15) is 11.6 Å². The highest BCUT2D eigenvalue weighted by molar-refractivity contribution is 6.06. The molecule has 0 aliphatic carbocycles. The number of hydrogen-bond acceptors (Lipinski definition) is 3. The van der Waals surface area contributed by atoms with Gasteiger partial charge < -0.3 is 20.2 Å². The van der Waals surface area contributed by atoms with Crippen molar-refractivity contribution in [3.05, 3.63) is 95.8 Å². The van der Waals surface area contributed by atoms with E-state index in [1.807, 2.05) is 37.3 Å². The Morgan fingerprint density at radius 2 is 1.71 bits per heavy atom. The fourth-order valence-corrected chi connectivity index (χ4v) is 5.37. The lowest BCUT2D eigenvalue weighted by Gasteiger charge is -2.59. The number of anilines is 1. The van der Waals surface area contributed by atoms with E-state index in [0.29, 0.717) is 31.6 Å². The van der Waals surface area contributed by atoms with E-state index in [0.717, 1.165) is 11.1 Å². The van der Waals surface area contributed by atoms with Crippen LogP contribution >= 0.6 is 0 Å². The highest BCUT2D eigenvalue weighted by Crippen LogP contribution is 2.57. The minimum absolute atomic E-state index is 0.0566. The molecule has 2 fully saturated rings. The van der Waals surface area contributed by atoms with Gasteiger partial charge in [-0.1, -0.05) is 48.5 Å². The first-order valence-electron chi connectivity index (χ1n) is 11.9. The molecule has 5 rings (SSSR count). The third-order valence-electron chi connectivity index (χ3n) is 7.30. The molecule has 2 atom stereocenters. The van der Waals surface area contributed by atoms with Crippen molar-refractivity contribution < 1.29 is 19.1 Å². The fourth-order valence-electron chi connectivity index (χ4n) is 5.37. The van der Waals surface area contributed by atoms with Crippen molar-refractivity contribution in [2.45, 2.75) is 31.8 Å². The number of carbonyl (C=O) groups is 2. The summed E-state index contributed by atoms with van der Waals surface area (Å²) < 4.78 is 14.0. The van der Waals surface area contributed by atoms with E-state index < -0.39 is 11.2 Å². The zero-order valence-electron chi connectivity index (χ0n) is 19.5. The highest BCUT2D eigenvalue weighted by atomic mass is 19.1. The van der Waals surface area contributed by atoms with Crippen molar-refractivity contribution in [3.8, 4) is 5.75 Å². The Hall–Kier alpha value is -3.87. The molecular formula is C28H28FN3O3. The predicted molar refractivity (Wildman–Crippen MR) is 131 cm³/mol. The van der Waals surface area contributed by atoms with E-state index >= 15 is 0 Å². The second kappa shape index (κ2) is 9.06. The van der Waals surface area contributed by atoms with Gasteiger partial charge in [-0.05, 0) is 61.2 Å². The molecule has 180 valence electrons. The van der Waals surface area contributed by atoms with Gasteiger partial charge in [-0.3, -0.25) is 4.79 Å². The number of benzene rings is 3. The van der Waals surface area contributed by atoms with Crippen LogP contribution < -0.4 is 10.2 Å². The van der Waals surface area contributed by atoms with Crippen molar-refractivity contribution in [1.82, 2.24) is 10.2 Å². The Bertz CT molecular complexity index is 1220. The number of aromatic hydroxyl groups is 1. The molecule has 3 aromatic rings. The van der Waals surface area contributed by atoms with Crippen LogP contribution in [0.4, 0.5) is 14.9 Å². The van der Waals surface area contributed by atoms with Crippen molar-refractivity contribution in [3.63, 3.8) is 0 Å². The SMILES string of the molecule is C[C@@H](NC(=O)N1CCC2(CC1)C(=O)N(c1cccc(F)c1)C2c1ccc(O)cc1)c1ccccc1. The predicted octanol–water partition coefficient (Wildman–Crippen LogP) is 5.17. The number of nitrogens with one attached hydrogen (secondary N) is 1. The molecule has 3 amide bonds. The molecule has 6 nitrogen and oxygen atoms in total. The Kier molecular flexibility index (Phi) is 5.93. The van der Waals surface area contributed by atoms with Crippen LogP contribution in [-0.4, -0.2) is 35.0 Å². The van der Waals surface area contributed by atoms with Gasteiger partial charge >= 0.3 is 6.03 Å². The van der Waals surface area contributed by atoms with Gasteiger partial charge in [0, 0.05) is 18.8 Å². The Labute approximate surface area is 204 Å². The van der Waals surface area contributed by atoms with Crippen molar-refractivity contribution in [2.75, 3.05) is 18.0 Å². The van der Waals surface area contributed by atoms with E-state index in [1.54, 1.807) is 46.2 Å². The number of urea groups is 1. The summed E-state index contributed by atoms with van der Waals surface area (Å²) in [6.07, 6.45) is 1.02. The molecule has 2 aliphatic rings. The van der Waals surface area contributed by atoms with Crippen LogP contribution in [0.2, 0.25) is 0 Å². The summed E-state index contributed by atoms with van der Waals surface area (Å²) in [6.45, 7) is 2.85. The number of halogens is 1. The molecule has 3 aromatic carbocycles. The van der Waals surface area contributed by atoms with E-state index in [-0.39, 0.29) is 29.8 Å². The van der Waals surface area contributed by atoms with Crippen LogP contribution in [0.15, 0.2) is 78.9 Å². The number of β-lactam (4-membered cyclic amide) rings is 1. The standard InChI is InChI=1S/C28H28FN3O3/c1-19(20-6-3-2-4-7-20)30-27(35)31-16-14-28(15-17-31)25(21-10-12-24(33)13-11-21)32(26(28)34)23-9-5-8-22(29)18-23/h2-13,18-19,25,33H,14-17H2,1H3,(H,30,35)/t19-,25?/m1/s1. The van der Waals surface area contributed by atoms with E-state index in [2.05, 4.69) is 5.32 Å². The lowest BCUT2D eigenvalue weighted by Crippen LogP contribution is -2.67. The Morgan fingerprint density at radius 3 is 2.37 bits per heavy atom. The van der Waals surface area contributed by atoms with Gasteiger partial charge in [0.05, 0.1) is 17.5 Å². The van der Waals surface area contributed by atoms with E-state index in [9.17, 15) is 19.1 Å². The third-order valence-corrected chi connectivity index (χ3v) is 7.30. The number of rotatable bonds is 4. The van der Waals surface area contributed by atoms with Crippen LogP contribution in [0.25, 0.3) is 0 Å². The van der Waals surface area contributed by atoms with E-state index in [4.69, 9.17) is 0 Å². The number of phenols is 1. The minimum Gasteiger partial charge on any atom is -0.508 e. The van der Waals surface area contributed by atoms with Crippen LogP contribution in [-0.2, 0) is 4.79 Å². The maximum absolute atomic E-state index is 14.0. The largest absolute Gasteiger partial charge is 0.508 e. The summed E-state index contributed by atoms with van der Waals surface area (Å²) in [5.74, 6) is -0.316. The van der Waals surface area contributed by atoms with Gasteiger partial charge in [-0.2, -0.15) is 0 Å². The molecule has 0 aromatic heterocycles. The van der Waals surface area contributed by atoms with Gasteiger partial charge in [-0.15, -0.1) is 0 Å². The van der Waals surface area contributed by atoms with Crippen LogP contribution in [0, 0.1) is 11.2 Å². The molecule has 2 saturated heterocycles. The molecular weight excluding hydrogens is 445 g/mol. The van der Waals surface area contributed by atoms with Crippen LogP contribution in [0.5, 0.6) is 5.75 Å². The summed E-state index contributed by atoms with van der Waals surface area (Å²) in [5, 5.41) is 12.8. The molecule has 2 aliphatic heterocycles. The van der Waals surface area contributed by atoms with Gasteiger partial charge in [0.2, 0.25) is 5.91 Å². The molecule has 1 unspecified atom stereocenters. The molecule has 35 heavy (non-hydrogen) atoms. The molecule has 7 heteroatoms. The first kappa shape index (κ1) is 22.9. The number of likely N-dealkylation sites (tertiary alicyclic amines) is 1. The summed E-state index contributed by atoms with van der Waals surface area (Å²) >= 11 is 0. The van der Waals surface area contributed by atoms with Gasteiger partial charge in [0.25, 0.3) is 0 Å². The number of piperidine rings is 1. The van der Waals surface area contributed by atoms with Crippen molar-refractivity contribution in [2.24, 2.45) is 5.41 Å². The average Bonchev–Trinajstić information content (AvgIpc) is 2.88. The summed E-state index contributed by atoms with van der Waals surface area (Å²) in [7, 11) is 0. The topological polar surface area (TPSA) is 72.9 Å². The maximum atomic E-state index is 14.0. The maximum Gasteiger partial charge on any atom is 0.317 e. The van der Waals surface area contributed by atoms with Gasteiger partial charge in [0.15, 0.2) is 0 Å². The molecule has 2 N–H and O–H groups in total. The zero-order chi connectivity index (χ0) is 24.6. The second-order valence-electron chi connectivity index (χ2n) is 9.37. The minimum atomic E-state index is -0.675. The molecule has 0 saturated carbocycles. The smallest absolute Gasteiger partial charge is 0.317 e. The second-order valence-corrected chi connectivity index (χ2v) is 9.37. The number of phenolic OH excluding ortho intramolecular Hbond substituents is 1. The quantitative estimate of drug-likeness (QED) is 0.514. The van der Waals surface area contributed by atoms with Crippen molar-refractivity contribution in [1.29, 1.82) is 0 Å². The van der Waals surface area contributed by atoms with Crippen LogP contribution in [0.1, 0.15) is 43.0 Å². The molecule has 0 radical (unpaired) electrons. The number of carbonyl (C=O) groups excluding carboxylic acids is 2. The summed E-state index contributed by atoms with van der Waals surface area (Å²) in [4.78, 5) is 29.9. The lowest BCUT2D eigenvalue weighted by molar-refractivity contribution is -0.144. The lowest BCUT2D eigenvalue weighted by atomic mass is 9.62.